The van der Waals surface area contributed by atoms with Gasteiger partial charge in [-0.1, -0.05) is 0 Å². The molecule has 0 aromatic carbocycles. The molecule has 0 aliphatic heterocycles. The highest BCUT2D eigenvalue weighted by molar-refractivity contribution is 5.57. The molecule has 1 aliphatic rings. The molecule has 5 nitrogen and oxygen atoms in total. The van der Waals surface area contributed by atoms with Gasteiger partial charge in [0, 0.05) is 24.5 Å². The molecular formula is C13H15N5. The SMILES string of the molecule is CNc1nc(-c2ccnc(C)n2)nc2c1CCC2. The van der Waals surface area contributed by atoms with Crippen molar-refractivity contribution in [1.29, 1.82) is 0 Å². The second kappa shape index (κ2) is 4.33. The number of nitrogens with one attached hydrogen (secondary N) is 1. The summed E-state index contributed by atoms with van der Waals surface area (Å²) >= 11 is 0. The van der Waals surface area contributed by atoms with Crippen LogP contribution < -0.4 is 5.32 Å². The van der Waals surface area contributed by atoms with E-state index in [4.69, 9.17) is 0 Å². The Morgan fingerprint density at radius 3 is 2.83 bits per heavy atom. The third kappa shape index (κ3) is 1.81. The van der Waals surface area contributed by atoms with Crippen LogP contribution in [0.2, 0.25) is 0 Å². The van der Waals surface area contributed by atoms with Crippen molar-refractivity contribution < 1.29 is 0 Å². The molecular weight excluding hydrogens is 226 g/mol. The molecule has 0 saturated carbocycles. The Bertz CT molecular complexity index is 594. The van der Waals surface area contributed by atoms with E-state index >= 15 is 0 Å². The Labute approximate surface area is 106 Å². The molecule has 0 saturated heterocycles. The van der Waals surface area contributed by atoms with Gasteiger partial charge in [-0.25, -0.2) is 19.9 Å². The molecule has 0 spiro atoms. The fourth-order valence-electron chi connectivity index (χ4n) is 2.33. The van der Waals surface area contributed by atoms with Gasteiger partial charge in [-0.15, -0.1) is 0 Å². The lowest BCUT2D eigenvalue weighted by atomic mass is 10.2. The zero-order chi connectivity index (χ0) is 12.5. The summed E-state index contributed by atoms with van der Waals surface area (Å²) in [6, 6.07) is 1.85. The van der Waals surface area contributed by atoms with Gasteiger partial charge >= 0.3 is 0 Å². The van der Waals surface area contributed by atoms with E-state index in [2.05, 4.69) is 25.3 Å². The summed E-state index contributed by atoms with van der Waals surface area (Å²) in [4.78, 5) is 17.7. The number of anilines is 1. The van der Waals surface area contributed by atoms with Gasteiger partial charge in [0.2, 0.25) is 0 Å². The Morgan fingerprint density at radius 1 is 1.17 bits per heavy atom. The van der Waals surface area contributed by atoms with E-state index in [9.17, 15) is 0 Å². The van der Waals surface area contributed by atoms with Crippen molar-refractivity contribution in [2.45, 2.75) is 26.2 Å². The van der Waals surface area contributed by atoms with Crippen LogP contribution in [0.5, 0.6) is 0 Å². The largest absolute Gasteiger partial charge is 0.373 e. The monoisotopic (exact) mass is 241 g/mol. The van der Waals surface area contributed by atoms with E-state index in [1.165, 1.54) is 5.56 Å². The van der Waals surface area contributed by atoms with E-state index < -0.39 is 0 Å². The summed E-state index contributed by atoms with van der Waals surface area (Å²) in [6.45, 7) is 1.87. The molecule has 2 aromatic heterocycles. The minimum absolute atomic E-state index is 0.686. The normalized spacial score (nSPS) is 13.4. The molecule has 92 valence electrons. The van der Waals surface area contributed by atoms with Crippen LogP contribution in [-0.4, -0.2) is 27.0 Å². The van der Waals surface area contributed by atoms with Crippen LogP contribution in [0.4, 0.5) is 5.82 Å². The lowest BCUT2D eigenvalue weighted by molar-refractivity contribution is 0.899. The maximum Gasteiger partial charge on any atom is 0.180 e. The van der Waals surface area contributed by atoms with Gasteiger partial charge in [0.1, 0.15) is 17.3 Å². The van der Waals surface area contributed by atoms with Crippen molar-refractivity contribution in [3.63, 3.8) is 0 Å². The third-order valence-electron chi connectivity index (χ3n) is 3.18. The molecule has 0 unspecified atom stereocenters. The Kier molecular flexibility index (Phi) is 2.66. The van der Waals surface area contributed by atoms with Crippen molar-refractivity contribution in [2.75, 3.05) is 12.4 Å². The highest BCUT2D eigenvalue weighted by atomic mass is 15.0. The number of hydrogen-bond acceptors (Lipinski definition) is 5. The molecule has 0 fully saturated rings. The molecule has 3 rings (SSSR count). The molecule has 1 aliphatic carbocycles. The molecule has 0 radical (unpaired) electrons. The average Bonchev–Trinajstić information content (AvgIpc) is 2.85. The van der Waals surface area contributed by atoms with Crippen LogP contribution >= 0.6 is 0 Å². The zero-order valence-electron chi connectivity index (χ0n) is 10.6. The van der Waals surface area contributed by atoms with Crippen LogP contribution in [0.25, 0.3) is 11.5 Å². The first kappa shape index (κ1) is 11.1. The molecule has 0 atom stereocenters. The molecule has 2 heterocycles. The summed E-state index contributed by atoms with van der Waals surface area (Å²) in [5.74, 6) is 2.36. The van der Waals surface area contributed by atoms with Crippen molar-refractivity contribution in [3.05, 3.63) is 29.3 Å². The predicted octanol–water partition coefficient (Wildman–Crippen LogP) is 1.77. The number of aryl methyl sites for hydroxylation is 2. The van der Waals surface area contributed by atoms with Gasteiger partial charge in [0.15, 0.2) is 5.82 Å². The van der Waals surface area contributed by atoms with Gasteiger partial charge in [0.25, 0.3) is 0 Å². The van der Waals surface area contributed by atoms with Crippen molar-refractivity contribution in [1.82, 2.24) is 19.9 Å². The third-order valence-corrected chi connectivity index (χ3v) is 3.18. The average molecular weight is 241 g/mol. The molecule has 5 heteroatoms. The van der Waals surface area contributed by atoms with Gasteiger partial charge in [0.05, 0.1) is 0 Å². The summed E-state index contributed by atoms with van der Waals surface area (Å²) in [7, 11) is 1.90. The first-order valence-electron chi connectivity index (χ1n) is 6.15. The van der Waals surface area contributed by atoms with Gasteiger partial charge in [-0.3, -0.25) is 0 Å². The second-order valence-electron chi connectivity index (χ2n) is 4.41. The number of fused-ring (bicyclic) bond motifs is 1. The highest BCUT2D eigenvalue weighted by Crippen LogP contribution is 2.28. The van der Waals surface area contributed by atoms with Gasteiger partial charge in [-0.2, -0.15) is 0 Å². The molecule has 0 bridgehead atoms. The van der Waals surface area contributed by atoms with E-state index in [1.807, 2.05) is 20.0 Å². The topological polar surface area (TPSA) is 63.6 Å². The number of rotatable bonds is 2. The molecule has 1 N–H and O–H groups in total. The van der Waals surface area contributed by atoms with Crippen LogP contribution in [0.15, 0.2) is 12.3 Å². The van der Waals surface area contributed by atoms with Gasteiger partial charge in [-0.05, 0) is 32.3 Å². The van der Waals surface area contributed by atoms with E-state index in [1.54, 1.807) is 6.20 Å². The Balaban J connectivity index is 2.13. The van der Waals surface area contributed by atoms with E-state index in [-0.39, 0.29) is 0 Å². The van der Waals surface area contributed by atoms with Crippen molar-refractivity contribution >= 4 is 5.82 Å². The van der Waals surface area contributed by atoms with E-state index in [0.29, 0.717) is 5.82 Å². The van der Waals surface area contributed by atoms with Crippen LogP contribution in [0.3, 0.4) is 0 Å². The first-order chi connectivity index (χ1) is 8.78. The van der Waals surface area contributed by atoms with Crippen LogP contribution in [0.1, 0.15) is 23.5 Å². The van der Waals surface area contributed by atoms with Gasteiger partial charge < -0.3 is 5.32 Å². The van der Waals surface area contributed by atoms with Crippen molar-refractivity contribution in [3.8, 4) is 11.5 Å². The summed E-state index contributed by atoms with van der Waals surface area (Å²) < 4.78 is 0. The fraction of sp³-hybridized carbons (Fsp3) is 0.385. The smallest absolute Gasteiger partial charge is 0.180 e. The summed E-state index contributed by atoms with van der Waals surface area (Å²) in [6.07, 6.45) is 5.00. The minimum Gasteiger partial charge on any atom is -0.373 e. The number of aromatic nitrogens is 4. The summed E-state index contributed by atoms with van der Waals surface area (Å²) in [5, 5.41) is 3.16. The molecule has 0 amide bonds. The standard InChI is InChI=1S/C13H15N5/c1-8-15-7-6-11(16-8)13-17-10-5-3-4-9(10)12(14-2)18-13/h6-7H,3-5H2,1-2H3,(H,14,17,18). The number of hydrogen-bond donors (Lipinski definition) is 1. The fourth-order valence-corrected chi connectivity index (χ4v) is 2.33. The quantitative estimate of drug-likeness (QED) is 0.868. The lowest BCUT2D eigenvalue weighted by Crippen LogP contribution is -2.04. The predicted molar refractivity (Wildman–Crippen MR) is 69.4 cm³/mol. The van der Waals surface area contributed by atoms with E-state index in [0.717, 1.165) is 42.3 Å². The zero-order valence-corrected chi connectivity index (χ0v) is 10.6. The second-order valence-corrected chi connectivity index (χ2v) is 4.41. The van der Waals surface area contributed by atoms with Crippen LogP contribution in [0, 0.1) is 6.92 Å². The molecule has 2 aromatic rings. The Morgan fingerprint density at radius 2 is 2.06 bits per heavy atom. The maximum absolute atomic E-state index is 4.63. The first-order valence-corrected chi connectivity index (χ1v) is 6.15. The van der Waals surface area contributed by atoms with Crippen molar-refractivity contribution in [2.24, 2.45) is 0 Å². The van der Waals surface area contributed by atoms with Crippen LogP contribution in [-0.2, 0) is 12.8 Å². The lowest BCUT2D eigenvalue weighted by Gasteiger charge is -2.09. The Hall–Kier alpha value is -2.04. The maximum atomic E-state index is 4.63. The minimum atomic E-state index is 0.686. The molecule has 18 heavy (non-hydrogen) atoms. The summed E-state index contributed by atoms with van der Waals surface area (Å²) in [5.41, 5.74) is 3.20. The highest BCUT2D eigenvalue weighted by Gasteiger charge is 2.19. The number of nitrogens with zero attached hydrogens (tertiary/aromatic N) is 4.